The van der Waals surface area contributed by atoms with Gasteiger partial charge in [0.1, 0.15) is 17.2 Å². The van der Waals surface area contributed by atoms with Gasteiger partial charge in [-0.1, -0.05) is 19.3 Å². The van der Waals surface area contributed by atoms with E-state index in [0.29, 0.717) is 25.0 Å². The quantitative estimate of drug-likeness (QED) is 0.867. The lowest BCUT2D eigenvalue weighted by Crippen LogP contribution is -2.55. The Kier molecular flexibility index (Phi) is 4.68. The maximum atomic E-state index is 13.9. The summed E-state index contributed by atoms with van der Waals surface area (Å²) in [6.45, 7) is 0. The molecule has 9 heteroatoms. The number of sulfonamides is 1. The first-order valence-electron chi connectivity index (χ1n) is 6.88. The highest BCUT2D eigenvalue weighted by Crippen LogP contribution is 2.31. The highest BCUT2D eigenvalue weighted by atomic mass is 32.2. The van der Waals surface area contributed by atoms with Crippen LogP contribution < -0.4 is 4.72 Å². The van der Waals surface area contributed by atoms with Gasteiger partial charge < -0.3 is 5.11 Å². The fourth-order valence-electron chi connectivity index (χ4n) is 2.70. The van der Waals surface area contributed by atoms with E-state index in [1.54, 1.807) is 0 Å². The van der Waals surface area contributed by atoms with Crippen molar-refractivity contribution in [1.29, 1.82) is 5.26 Å². The second kappa shape index (κ2) is 6.22. The average Bonchev–Trinajstić information content (AvgIpc) is 2.46. The number of nitrogens with zero attached hydrogens (tertiary/aromatic N) is 1. The summed E-state index contributed by atoms with van der Waals surface area (Å²) in [6.07, 6.45) is 1.83. The van der Waals surface area contributed by atoms with Gasteiger partial charge in [0.25, 0.3) is 0 Å². The van der Waals surface area contributed by atoms with E-state index in [1.807, 2.05) is 4.72 Å². The fraction of sp³-hybridized carbons (Fsp3) is 0.429. The Morgan fingerprint density at radius 1 is 1.22 bits per heavy atom. The molecule has 1 aromatic rings. The number of benzene rings is 1. The molecule has 1 aliphatic rings. The van der Waals surface area contributed by atoms with Crippen LogP contribution in [0.25, 0.3) is 0 Å². The minimum Gasteiger partial charge on any atom is -0.480 e. The van der Waals surface area contributed by atoms with E-state index in [1.165, 1.54) is 6.07 Å². The molecule has 1 saturated carbocycles. The van der Waals surface area contributed by atoms with Crippen molar-refractivity contribution in [1.82, 2.24) is 4.72 Å². The molecule has 2 rings (SSSR count). The molecule has 0 atom stereocenters. The predicted octanol–water partition coefficient (Wildman–Crippen LogP) is 1.90. The lowest BCUT2D eigenvalue weighted by molar-refractivity contribution is -0.145. The molecule has 0 amide bonds. The summed E-state index contributed by atoms with van der Waals surface area (Å²) in [4.78, 5) is 10.2. The number of nitriles is 1. The molecule has 1 aromatic carbocycles. The lowest BCUT2D eigenvalue weighted by atomic mass is 9.83. The van der Waals surface area contributed by atoms with Crippen molar-refractivity contribution in [2.45, 2.75) is 42.5 Å². The lowest BCUT2D eigenvalue weighted by Gasteiger charge is -2.33. The maximum Gasteiger partial charge on any atom is 0.324 e. The van der Waals surface area contributed by atoms with Crippen molar-refractivity contribution in [3.63, 3.8) is 0 Å². The van der Waals surface area contributed by atoms with Crippen LogP contribution in [-0.4, -0.2) is 25.0 Å². The van der Waals surface area contributed by atoms with Crippen LogP contribution in [0.5, 0.6) is 0 Å². The van der Waals surface area contributed by atoms with Crippen LogP contribution in [0.2, 0.25) is 0 Å². The van der Waals surface area contributed by atoms with Crippen molar-refractivity contribution in [3.05, 3.63) is 29.3 Å². The van der Waals surface area contributed by atoms with Gasteiger partial charge in [0.2, 0.25) is 10.0 Å². The molecule has 0 bridgehead atoms. The van der Waals surface area contributed by atoms with E-state index in [0.717, 1.165) is 6.42 Å². The van der Waals surface area contributed by atoms with Crippen LogP contribution in [0.1, 0.15) is 37.7 Å². The van der Waals surface area contributed by atoms with Crippen molar-refractivity contribution < 1.29 is 27.1 Å². The zero-order chi connectivity index (χ0) is 17.3. The van der Waals surface area contributed by atoms with E-state index in [4.69, 9.17) is 5.26 Å². The van der Waals surface area contributed by atoms with Gasteiger partial charge in [-0.05, 0) is 25.0 Å². The molecule has 1 fully saturated rings. The molecule has 6 nitrogen and oxygen atoms in total. The van der Waals surface area contributed by atoms with E-state index >= 15 is 0 Å². The predicted molar refractivity (Wildman–Crippen MR) is 74.8 cm³/mol. The largest absolute Gasteiger partial charge is 0.480 e. The topological polar surface area (TPSA) is 107 Å². The van der Waals surface area contributed by atoms with Gasteiger partial charge in [-0.15, -0.1) is 0 Å². The minimum atomic E-state index is -4.74. The van der Waals surface area contributed by atoms with Gasteiger partial charge in [0.15, 0.2) is 4.90 Å². The maximum absolute atomic E-state index is 13.9. The molecule has 0 spiro atoms. The number of carboxylic acids is 1. The SMILES string of the molecule is N#Cc1cc(F)c(S(=O)(=O)NC2(C(=O)O)CCCCC2)c(F)c1. The highest BCUT2D eigenvalue weighted by Gasteiger charge is 2.44. The summed E-state index contributed by atoms with van der Waals surface area (Å²) < 4.78 is 54.4. The molecular formula is C14H14F2N2O4S. The Labute approximate surface area is 131 Å². The van der Waals surface area contributed by atoms with Gasteiger partial charge in [0, 0.05) is 0 Å². The molecule has 1 aliphatic carbocycles. The number of hydrogen-bond acceptors (Lipinski definition) is 4. The van der Waals surface area contributed by atoms with Gasteiger partial charge >= 0.3 is 5.97 Å². The molecule has 0 aliphatic heterocycles. The third kappa shape index (κ3) is 3.33. The number of aliphatic carboxylic acids is 1. The first-order chi connectivity index (χ1) is 10.7. The monoisotopic (exact) mass is 344 g/mol. The first-order valence-corrected chi connectivity index (χ1v) is 8.37. The number of carbonyl (C=O) groups is 1. The van der Waals surface area contributed by atoms with E-state index in [2.05, 4.69) is 0 Å². The van der Waals surface area contributed by atoms with Gasteiger partial charge in [-0.25, -0.2) is 17.2 Å². The zero-order valence-electron chi connectivity index (χ0n) is 12.0. The molecule has 0 heterocycles. The second-order valence-electron chi connectivity index (χ2n) is 5.43. The second-order valence-corrected chi connectivity index (χ2v) is 7.05. The van der Waals surface area contributed by atoms with Crippen molar-refractivity contribution in [3.8, 4) is 6.07 Å². The number of carboxylic acid groups (broad SMARTS) is 1. The Morgan fingerprint density at radius 3 is 2.17 bits per heavy atom. The number of rotatable bonds is 4. The molecule has 0 aromatic heterocycles. The first kappa shape index (κ1) is 17.3. The van der Waals surface area contributed by atoms with Crippen molar-refractivity contribution in [2.75, 3.05) is 0 Å². The summed E-state index contributed by atoms with van der Waals surface area (Å²) >= 11 is 0. The average molecular weight is 344 g/mol. The van der Waals surface area contributed by atoms with Gasteiger partial charge in [-0.3, -0.25) is 4.79 Å². The van der Waals surface area contributed by atoms with Crippen LogP contribution in [0.3, 0.4) is 0 Å². The summed E-state index contributed by atoms with van der Waals surface area (Å²) in [6, 6.07) is 2.68. The highest BCUT2D eigenvalue weighted by molar-refractivity contribution is 7.89. The number of nitrogens with one attached hydrogen (secondary N) is 1. The van der Waals surface area contributed by atoms with Gasteiger partial charge in [-0.2, -0.15) is 9.98 Å². The van der Waals surface area contributed by atoms with Crippen LogP contribution >= 0.6 is 0 Å². The molecule has 0 unspecified atom stereocenters. The van der Waals surface area contributed by atoms with Crippen LogP contribution in [0.4, 0.5) is 8.78 Å². The standard InChI is InChI=1S/C14H14F2N2O4S/c15-10-6-9(8-17)7-11(16)12(10)23(21,22)18-14(13(19)20)4-2-1-3-5-14/h6-7,18H,1-5H2,(H,19,20). The normalized spacial score (nSPS) is 17.4. The zero-order valence-corrected chi connectivity index (χ0v) is 12.8. The smallest absolute Gasteiger partial charge is 0.324 e. The number of halogens is 2. The van der Waals surface area contributed by atoms with Crippen molar-refractivity contribution in [2.24, 2.45) is 0 Å². The Balaban J connectivity index is 2.47. The van der Waals surface area contributed by atoms with Crippen LogP contribution in [0, 0.1) is 23.0 Å². The Morgan fingerprint density at radius 2 is 1.74 bits per heavy atom. The minimum absolute atomic E-state index is 0.0427. The molecule has 0 radical (unpaired) electrons. The number of hydrogen-bond donors (Lipinski definition) is 2. The van der Waals surface area contributed by atoms with Crippen molar-refractivity contribution >= 4 is 16.0 Å². The molecule has 124 valence electrons. The molecule has 23 heavy (non-hydrogen) atoms. The van der Waals surface area contributed by atoms with Crippen LogP contribution in [0.15, 0.2) is 17.0 Å². The fourth-order valence-corrected chi connectivity index (χ4v) is 4.24. The Bertz CT molecular complexity index is 757. The summed E-state index contributed by atoms with van der Waals surface area (Å²) in [5.74, 6) is -4.26. The molecular weight excluding hydrogens is 330 g/mol. The van der Waals surface area contributed by atoms with E-state index in [9.17, 15) is 27.1 Å². The van der Waals surface area contributed by atoms with Gasteiger partial charge in [0.05, 0.1) is 11.6 Å². The van der Waals surface area contributed by atoms with E-state index in [-0.39, 0.29) is 18.4 Å². The third-order valence-electron chi connectivity index (χ3n) is 3.84. The summed E-state index contributed by atoms with van der Waals surface area (Å²) in [7, 11) is -4.74. The molecule has 2 N–H and O–H groups in total. The molecule has 0 saturated heterocycles. The van der Waals surface area contributed by atoms with Crippen LogP contribution in [-0.2, 0) is 14.8 Å². The summed E-state index contributed by atoms with van der Waals surface area (Å²) in [5.41, 5.74) is -2.14. The van der Waals surface area contributed by atoms with E-state index < -0.39 is 38.1 Å². The third-order valence-corrected chi connectivity index (χ3v) is 5.43. The Hall–Kier alpha value is -2.05. The summed E-state index contributed by atoms with van der Waals surface area (Å²) in [5, 5.41) is 18.0.